The van der Waals surface area contributed by atoms with Gasteiger partial charge in [-0.05, 0) is 99.7 Å². The Hall–Kier alpha value is -2.24. The number of Topliss-reactive ketones (excluding diaryl/α,β-unsaturated/α-hetero) is 1. The van der Waals surface area contributed by atoms with E-state index in [1.807, 2.05) is 4.90 Å². The fourth-order valence-corrected chi connectivity index (χ4v) is 8.69. The number of hydrogen-bond acceptors (Lipinski definition) is 4. The van der Waals surface area contributed by atoms with Crippen LogP contribution in [0.4, 0.5) is 4.39 Å². The summed E-state index contributed by atoms with van der Waals surface area (Å²) < 4.78 is 19.2. The molecule has 188 valence electrons. The van der Waals surface area contributed by atoms with Crippen LogP contribution in [0.2, 0.25) is 0 Å². The summed E-state index contributed by atoms with van der Waals surface area (Å²) in [5.41, 5.74) is 0.724. The first-order chi connectivity index (χ1) is 16.9. The number of benzene rings is 1. The molecule has 6 heteroatoms. The molecule has 0 spiro atoms. The van der Waals surface area contributed by atoms with E-state index in [0.717, 1.165) is 44.1 Å². The summed E-state index contributed by atoms with van der Waals surface area (Å²) in [5.74, 6) is 1.28. The number of ketones is 1. The Balaban J connectivity index is 1.17. The van der Waals surface area contributed by atoms with Crippen LogP contribution >= 0.6 is 0 Å². The van der Waals surface area contributed by atoms with Crippen molar-refractivity contribution in [2.45, 2.75) is 82.7 Å². The summed E-state index contributed by atoms with van der Waals surface area (Å²) in [6, 6.07) is 6.39. The third-order valence-corrected chi connectivity index (χ3v) is 9.85. The maximum atomic E-state index is 13.7. The van der Waals surface area contributed by atoms with Crippen LogP contribution in [0.15, 0.2) is 24.3 Å². The Morgan fingerprint density at radius 2 is 1.49 bits per heavy atom. The van der Waals surface area contributed by atoms with Crippen molar-refractivity contribution in [3.63, 3.8) is 0 Å². The molecule has 6 bridgehead atoms. The number of ether oxygens (including phenoxy) is 1. The molecule has 0 heterocycles. The van der Waals surface area contributed by atoms with Gasteiger partial charge in [0.2, 0.25) is 0 Å². The number of fused-ring (bicyclic) bond motifs is 2. The largest absolute Gasteiger partial charge is 0.455 e. The molecule has 35 heavy (non-hydrogen) atoms. The Labute approximate surface area is 206 Å². The standard InChI is InChI=1S/C29H36FNO4/c30-25-6-4-18(5-7-25)16-31(29-13-19-8-20(14-29)10-21(9-19)15-29)26(32)17-35-28(34)24-11-22-2-1-3-23(12-24)27(22)33/h4-7,19-24H,1-3,8-17H2. The highest BCUT2D eigenvalue weighted by atomic mass is 19.1. The van der Waals surface area contributed by atoms with Crippen LogP contribution in [0.5, 0.6) is 0 Å². The number of hydrogen-bond donors (Lipinski definition) is 0. The van der Waals surface area contributed by atoms with Gasteiger partial charge >= 0.3 is 5.97 Å². The molecule has 1 aromatic carbocycles. The molecule has 2 atom stereocenters. The van der Waals surface area contributed by atoms with Gasteiger partial charge in [-0.15, -0.1) is 0 Å². The molecule has 0 aromatic heterocycles. The molecule has 0 aliphatic heterocycles. The van der Waals surface area contributed by atoms with Crippen molar-refractivity contribution < 1.29 is 23.5 Å². The van der Waals surface area contributed by atoms with E-state index in [9.17, 15) is 18.8 Å². The lowest BCUT2D eigenvalue weighted by Gasteiger charge is -2.60. The fourth-order valence-electron chi connectivity index (χ4n) is 8.69. The Kier molecular flexibility index (Phi) is 5.96. The van der Waals surface area contributed by atoms with Gasteiger partial charge in [0.25, 0.3) is 5.91 Å². The second kappa shape index (κ2) is 9.01. The predicted octanol–water partition coefficient (Wildman–Crippen LogP) is 5.06. The lowest BCUT2D eigenvalue weighted by molar-refractivity contribution is -0.167. The maximum absolute atomic E-state index is 13.7. The van der Waals surface area contributed by atoms with E-state index >= 15 is 0 Å². The zero-order chi connectivity index (χ0) is 24.2. The first-order valence-electron chi connectivity index (χ1n) is 13.6. The van der Waals surface area contributed by atoms with E-state index in [0.29, 0.717) is 42.9 Å². The summed E-state index contributed by atoms with van der Waals surface area (Å²) in [7, 11) is 0. The molecule has 0 saturated heterocycles. The first-order valence-corrected chi connectivity index (χ1v) is 13.6. The highest BCUT2D eigenvalue weighted by Gasteiger charge is 2.54. The Morgan fingerprint density at radius 1 is 0.914 bits per heavy atom. The van der Waals surface area contributed by atoms with Gasteiger partial charge < -0.3 is 9.64 Å². The van der Waals surface area contributed by atoms with Gasteiger partial charge in [-0.2, -0.15) is 0 Å². The average molecular weight is 482 g/mol. The quantitative estimate of drug-likeness (QED) is 0.533. The predicted molar refractivity (Wildman–Crippen MR) is 127 cm³/mol. The smallest absolute Gasteiger partial charge is 0.309 e. The summed E-state index contributed by atoms with van der Waals surface area (Å²) in [4.78, 5) is 41.0. The molecule has 6 fully saturated rings. The molecular weight excluding hydrogens is 445 g/mol. The van der Waals surface area contributed by atoms with Crippen LogP contribution in [0.25, 0.3) is 0 Å². The summed E-state index contributed by atoms with van der Waals surface area (Å²) in [6.45, 7) is 0.173. The van der Waals surface area contributed by atoms with Gasteiger partial charge in [-0.3, -0.25) is 14.4 Å². The average Bonchev–Trinajstić information content (AvgIpc) is 2.81. The molecule has 6 aliphatic rings. The lowest BCUT2D eigenvalue weighted by atomic mass is 9.52. The van der Waals surface area contributed by atoms with E-state index in [4.69, 9.17) is 4.74 Å². The van der Waals surface area contributed by atoms with Crippen molar-refractivity contribution in [2.24, 2.45) is 35.5 Å². The fraction of sp³-hybridized carbons (Fsp3) is 0.690. The second-order valence-electron chi connectivity index (χ2n) is 12.3. The van der Waals surface area contributed by atoms with Crippen molar-refractivity contribution >= 4 is 17.7 Å². The minimum atomic E-state index is -0.324. The highest BCUT2D eigenvalue weighted by molar-refractivity contribution is 5.88. The molecule has 1 amide bonds. The van der Waals surface area contributed by atoms with Gasteiger partial charge in [0.15, 0.2) is 6.61 Å². The number of halogens is 1. The van der Waals surface area contributed by atoms with Crippen LogP contribution < -0.4 is 0 Å². The molecule has 6 aliphatic carbocycles. The SMILES string of the molecule is O=C(OCC(=O)N(Cc1ccc(F)cc1)C12CC3CC(CC(C3)C1)C2)C1CC2CCCC(C1)C2=O. The van der Waals surface area contributed by atoms with Crippen LogP contribution in [0, 0.1) is 41.3 Å². The number of carbonyl (C=O) groups excluding carboxylic acids is 3. The topological polar surface area (TPSA) is 63.7 Å². The second-order valence-corrected chi connectivity index (χ2v) is 12.3. The van der Waals surface area contributed by atoms with E-state index < -0.39 is 0 Å². The lowest BCUT2D eigenvalue weighted by Crippen LogP contribution is -2.61. The molecule has 5 nitrogen and oxygen atoms in total. The minimum Gasteiger partial charge on any atom is -0.455 e. The number of amides is 1. The van der Waals surface area contributed by atoms with Crippen molar-refractivity contribution in [1.29, 1.82) is 0 Å². The van der Waals surface area contributed by atoms with Crippen LogP contribution in [-0.2, 0) is 25.7 Å². The van der Waals surface area contributed by atoms with Gasteiger partial charge in [0.1, 0.15) is 11.6 Å². The first kappa shape index (κ1) is 23.2. The number of nitrogens with zero attached hydrogens (tertiary/aromatic N) is 1. The minimum absolute atomic E-state index is 0.0160. The van der Waals surface area contributed by atoms with Crippen molar-refractivity contribution in [3.8, 4) is 0 Å². The summed E-state index contributed by atoms with van der Waals surface area (Å²) in [6.07, 6.45) is 10.8. The molecule has 2 unspecified atom stereocenters. The van der Waals surface area contributed by atoms with E-state index in [-0.39, 0.29) is 47.6 Å². The third-order valence-electron chi connectivity index (χ3n) is 9.85. The van der Waals surface area contributed by atoms with Crippen molar-refractivity contribution in [3.05, 3.63) is 35.6 Å². The third kappa shape index (κ3) is 4.42. The molecule has 6 saturated carbocycles. The number of esters is 1. The van der Waals surface area contributed by atoms with E-state index in [2.05, 4.69) is 0 Å². The Morgan fingerprint density at radius 3 is 2.06 bits per heavy atom. The van der Waals surface area contributed by atoms with Crippen LogP contribution in [-0.4, -0.2) is 34.7 Å². The van der Waals surface area contributed by atoms with Crippen molar-refractivity contribution in [1.82, 2.24) is 4.90 Å². The van der Waals surface area contributed by atoms with Crippen LogP contribution in [0.3, 0.4) is 0 Å². The van der Waals surface area contributed by atoms with Gasteiger partial charge in [-0.1, -0.05) is 18.6 Å². The number of carbonyl (C=O) groups is 3. The van der Waals surface area contributed by atoms with Crippen molar-refractivity contribution in [2.75, 3.05) is 6.61 Å². The van der Waals surface area contributed by atoms with Crippen LogP contribution in [0.1, 0.15) is 76.2 Å². The highest BCUT2D eigenvalue weighted by Crippen LogP contribution is 2.58. The molecular formula is C29H36FNO4. The maximum Gasteiger partial charge on any atom is 0.309 e. The zero-order valence-electron chi connectivity index (χ0n) is 20.4. The zero-order valence-corrected chi connectivity index (χ0v) is 20.4. The Bertz CT molecular complexity index is 953. The molecule has 1 aromatic rings. The monoisotopic (exact) mass is 481 g/mol. The van der Waals surface area contributed by atoms with E-state index in [1.165, 1.54) is 31.4 Å². The summed E-state index contributed by atoms with van der Waals surface area (Å²) >= 11 is 0. The molecule has 0 radical (unpaired) electrons. The molecule has 7 rings (SSSR count). The summed E-state index contributed by atoms with van der Waals surface area (Å²) in [5, 5.41) is 0. The van der Waals surface area contributed by atoms with Gasteiger partial charge in [-0.25, -0.2) is 4.39 Å². The van der Waals surface area contributed by atoms with E-state index in [1.54, 1.807) is 12.1 Å². The normalized spacial score (nSPS) is 37.2. The van der Waals surface area contributed by atoms with Gasteiger partial charge in [0, 0.05) is 23.9 Å². The molecule has 0 N–H and O–H groups in total. The number of rotatable bonds is 6. The van der Waals surface area contributed by atoms with Gasteiger partial charge in [0.05, 0.1) is 5.92 Å².